The van der Waals surface area contributed by atoms with Crippen molar-refractivity contribution in [2.45, 2.75) is 13.0 Å². The number of hydrogen-bond donors (Lipinski definition) is 2. The Hall–Kier alpha value is -1.62. The molecule has 21 heavy (non-hydrogen) atoms. The lowest BCUT2D eigenvalue weighted by molar-refractivity contribution is -0.116. The predicted molar refractivity (Wildman–Crippen MR) is 88.5 cm³/mol. The lowest BCUT2D eigenvalue weighted by Gasteiger charge is -2.03. The Labute approximate surface area is 132 Å². The highest BCUT2D eigenvalue weighted by molar-refractivity contribution is 7.16. The maximum Gasteiger partial charge on any atom is 0.244 e. The number of aliphatic hydroxyl groups is 1. The van der Waals surface area contributed by atoms with Crippen LogP contribution in [0.4, 0.5) is 0 Å². The summed E-state index contributed by atoms with van der Waals surface area (Å²) in [5.41, 5.74) is 1.06. The van der Waals surface area contributed by atoms with Gasteiger partial charge in [0.2, 0.25) is 5.91 Å². The lowest BCUT2D eigenvalue weighted by Crippen LogP contribution is -2.28. The summed E-state index contributed by atoms with van der Waals surface area (Å²) in [6.45, 7) is 1.88. The third-order valence-electron chi connectivity index (χ3n) is 2.71. The van der Waals surface area contributed by atoms with Crippen LogP contribution in [0.2, 0.25) is 5.02 Å². The molecule has 1 atom stereocenters. The summed E-state index contributed by atoms with van der Waals surface area (Å²) >= 11 is 7.57. The van der Waals surface area contributed by atoms with E-state index in [0.29, 0.717) is 5.02 Å². The Morgan fingerprint density at radius 2 is 2.24 bits per heavy atom. The molecule has 1 heterocycles. The average molecular weight is 322 g/mol. The number of rotatable bonds is 5. The molecule has 1 amide bonds. The first-order valence-corrected chi connectivity index (χ1v) is 7.74. The van der Waals surface area contributed by atoms with E-state index in [0.717, 1.165) is 15.3 Å². The first-order chi connectivity index (χ1) is 10.0. The number of halogens is 1. The average Bonchev–Trinajstić information content (AvgIpc) is 2.92. The number of benzene rings is 1. The summed E-state index contributed by atoms with van der Waals surface area (Å²) in [5, 5.41) is 12.4. The summed E-state index contributed by atoms with van der Waals surface area (Å²) in [7, 11) is 0. The van der Waals surface area contributed by atoms with E-state index in [1.165, 1.54) is 6.08 Å². The van der Waals surface area contributed by atoms with Crippen molar-refractivity contribution in [3.05, 3.63) is 52.4 Å². The lowest BCUT2D eigenvalue weighted by atomic mass is 10.2. The standard InChI is InChI=1S/C16H16ClNO2S/c1-11(19)10-18-16(20)8-6-14-5-7-15(21-14)12-3-2-4-13(17)9-12/h2-9,11,19H,10H2,1H3,(H,18,20)/b8-6+. The van der Waals surface area contributed by atoms with Crippen LogP contribution in [0.25, 0.3) is 16.5 Å². The number of nitrogens with one attached hydrogen (secondary N) is 1. The molecule has 0 saturated heterocycles. The van der Waals surface area contributed by atoms with Gasteiger partial charge in [-0.3, -0.25) is 4.79 Å². The van der Waals surface area contributed by atoms with Gasteiger partial charge in [0.15, 0.2) is 0 Å². The third-order valence-corrected chi connectivity index (χ3v) is 4.04. The highest BCUT2D eigenvalue weighted by Gasteiger charge is 2.03. The SMILES string of the molecule is CC(O)CNC(=O)/C=C/c1ccc(-c2cccc(Cl)c2)s1. The Balaban J connectivity index is 2.02. The number of aliphatic hydroxyl groups excluding tert-OH is 1. The van der Waals surface area contributed by atoms with Gasteiger partial charge in [-0.1, -0.05) is 23.7 Å². The quantitative estimate of drug-likeness (QED) is 0.827. The van der Waals surface area contributed by atoms with E-state index in [4.69, 9.17) is 16.7 Å². The van der Waals surface area contributed by atoms with Gasteiger partial charge in [0.1, 0.15) is 0 Å². The number of thiophene rings is 1. The Kier molecular flexibility index (Phi) is 5.56. The van der Waals surface area contributed by atoms with Gasteiger partial charge in [-0.25, -0.2) is 0 Å². The molecule has 1 aromatic heterocycles. The summed E-state index contributed by atoms with van der Waals surface area (Å²) in [4.78, 5) is 13.6. The van der Waals surface area contributed by atoms with Crippen LogP contribution in [0.15, 0.2) is 42.5 Å². The molecular formula is C16H16ClNO2S. The van der Waals surface area contributed by atoms with E-state index in [1.54, 1.807) is 24.3 Å². The summed E-state index contributed by atoms with van der Waals surface area (Å²) < 4.78 is 0. The Bertz CT molecular complexity index is 649. The van der Waals surface area contributed by atoms with E-state index < -0.39 is 6.10 Å². The molecule has 2 N–H and O–H groups in total. The van der Waals surface area contributed by atoms with Crippen LogP contribution in [0.1, 0.15) is 11.8 Å². The second kappa shape index (κ2) is 7.41. The monoisotopic (exact) mass is 321 g/mol. The van der Waals surface area contributed by atoms with E-state index in [9.17, 15) is 4.79 Å². The van der Waals surface area contributed by atoms with Crippen molar-refractivity contribution in [1.82, 2.24) is 5.32 Å². The van der Waals surface area contributed by atoms with E-state index in [-0.39, 0.29) is 12.5 Å². The van der Waals surface area contributed by atoms with Gasteiger partial charge in [0.25, 0.3) is 0 Å². The molecule has 1 aromatic carbocycles. The van der Waals surface area contributed by atoms with Crippen LogP contribution in [0.5, 0.6) is 0 Å². The zero-order chi connectivity index (χ0) is 15.2. The highest BCUT2D eigenvalue weighted by atomic mass is 35.5. The van der Waals surface area contributed by atoms with E-state index >= 15 is 0 Å². The Morgan fingerprint density at radius 3 is 2.95 bits per heavy atom. The van der Waals surface area contributed by atoms with Crippen LogP contribution in [0, 0.1) is 0 Å². The van der Waals surface area contributed by atoms with Gasteiger partial charge in [-0.2, -0.15) is 0 Å². The molecule has 2 aromatic rings. The highest BCUT2D eigenvalue weighted by Crippen LogP contribution is 2.30. The first kappa shape index (κ1) is 15.8. The molecule has 5 heteroatoms. The molecule has 0 radical (unpaired) electrons. The summed E-state index contributed by atoms with van der Waals surface area (Å²) in [6, 6.07) is 11.6. The van der Waals surface area contributed by atoms with Crippen molar-refractivity contribution in [2.24, 2.45) is 0 Å². The minimum Gasteiger partial charge on any atom is -0.392 e. The van der Waals surface area contributed by atoms with Crippen molar-refractivity contribution in [3.63, 3.8) is 0 Å². The van der Waals surface area contributed by atoms with Gasteiger partial charge < -0.3 is 10.4 Å². The normalized spacial score (nSPS) is 12.5. The van der Waals surface area contributed by atoms with Crippen molar-refractivity contribution in [3.8, 4) is 10.4 Å². The minimum absolute atomic E-state index is 0.214. The fourth-order valence-electron chi connectivity index (χ4n) is 1.70. The van der Waals surface area contributed by atoms with Crippen molar-refractivity contribution in [1.29, 1.82) is 0 Å². The zero-order valence-corrected chi connectivity index (χ0v) is 13.1. The van der Waals surface area contributed by atoms with Crippen LogP contribution >= 0.6 is 22.9 Å². The van der Waals surface area contributed by atoms with Crippen LogP contribution in [-0.4, -0.2) is 23.7 Å². The molecule has 0 saturated carbocycles. The van der Waals surface area contributed by atoms with E-state index in [2.05, 4.69) is 5.32 Å². The molecule has 0 aliphatic rings. The maximum absolute atomic E-state index is 11.5. The van der Waals surface area contributed by atoms with Crippen molar-refractivity contribution >= 4 is 34.9 Å². The largest absolute Gasteiger partial charge is 0.392 e. The molecule has 0 fully saturated rings. The van der Waals surface area contributed by atoms with Gasteiger partial charge in [-0.15, -0.1) is 11.3 Å². The second-order valence-corrected chi connectivity index (χ2v) is 6.19. The third kappa shape index (κ3) is 5.01. The number of carbonyl (C=O) groups is 1. The molecule has 0 bridgehead atoms. The van der Waals surface area contributed by atoms with Gasteiger partial charge in [0.05, 0.1) is 6.10 Å². The van der Waals surface area contributed by atoms with Crippen molar-refractivity contribution in [2.75, 3.05) is 6.54 Å². The summed E-state index contributed by atoms with van der Waals surface area (Å²) in [5.74, 6) is -0.214. The first-order valence-electron chi connectivity index (χ1n) is 6.54. The molecule has 1 unspecified atom stereocenters. The summed E-state index contributed by atoms with van der Waals surface area (Å²) in [6.07, 6.45) is 2.69. The van der Waals surface area contributed by atoms with Crippen molar-refractivity contribution < 1.29 is 9.90 Å². The molecule has 0 spiro atoms. The smallest absolute Gasteiger partial charge is 0.244 e. The second-order valence-electron chi connectivity index (χ2n) is 4.64. The van der Waals surface area contributed by atoms with Gasteiger partial charge >= 0.3 is 0 Å². The molecule has 2 rings (SSSR count). The number of amides is 1. The van der Waals surface area contributed by atoms with E-state index in [1.807, 2.05) is 36.4 Å². The van der Waals surface area contributed by atoms with Gasteiger partial charge in [0, 0.05) is 27.4 Å². The molecule has 0 aliphatic heterocycles. The van der Waals surface area contributed by atoms with Gasteiger partial charge in [-0.05, 0) is 42.8 Å². The topological polar surface area (TPSA) is 49.3 Å². The van der Waals surface area contributed by atoms with Crippen LogP contribution < -0.4 is 5.32 Å². The maximum atomic E-state index is 11.5. The van der Waals surface area contributed by atoms with Crippen LogP contribution in [0.3, 0.4) is 0 Å². The fourth-order valence-corrected chi connectivity index (χ4v) is 2.80. The molecule has 110 valence electrons. The zero-order valence-electron chi connectivity index (χ0n) is 11.5. The Morgan fingerprint density at radius 1 is 1.43 bits per heavy atom. The number of hydrogen-bond acceptors (Lipinski definition) is 3. The van der Waals surface area contributed by atoms with Crippen LogP contribution in [-0.2, 0) is 4.79 Å². The fraction of sp³-hybridized carbons (Fsp3) is 0.188. The molecular weight excluding hydrogens is 306 g/mol. The minimum atomic E-state index is -0.543. The predicted octanol–water partition coefficient (Wildman–Crippen LogP) is 3.58. The molecule has 3 nitrogen and oxygen atoms in total. The molecule has 0 aliphatic carbocycles. The number of carbonyl (C=O) groups excluding carboxylic acids is 1.